The van der Waals surface area contributed by atoms with E-state index in [4.69, 9.17) is 5.11 Å². The van der Waals surface area contributed by atoms with Gasteiger partial charge in [-0.1, -0.05) is 28.9 Å². The van der Waals surface area contributed by atoms with Gasteiger partial charge in [-0.05, 0) is 24.6 Å². The fourth-order valence-corrected chi connectivity index (χ4v) is 1.85. The number of aliphatic hydroxyl groups excluding tert-OH is 1. The predicted molar refractivity (Wildman–Crippen MR) is 68.4 cm³/mol. The average Bonchev–Trinajstić information content (AvgIpc) is 2.29. The Morgan fingerprint density at radius 2 is 2.25 bits per heavy atom. The molecule has 0 aliphatic carbocycles. The number of hydrogen-bond donors (Lipinski definition) is 1. The summed E-state index contributed by atoms with van der Waals surface area (Å²) in [5, 5.41) is 9.09. The van der Waals surface area contributed by atoms with E-state index in [-0.39, 0.29) is 18.4 Å². The van der Waals surface area contributed by atoms with Gasteiger partial charge in [-0.3, -0.25) is 4.79 Å². The molecule has 1 N–H and O–H groups in total. The minimum absolute atomic E-state index is 0.0527. The second-order valence-electron chi connectivity index (χ2n) is 3.66. The second-order valence-corrected chi connectivity index (χ2v) is 4.58. The van der Waals surface area contributed by atoms with E-state index in [1.165, 1.54) is 0 Å². The molecular formula is C12H16BrNO2. The molecule has 3 nitrogen and oxygen atoms in total. The first-order chi connectivity index (χ1) is 7.60. The third kappa shape index (κ3) is 3.06. The number of anilines is 1. The molecule has 0 heterocycles. The lowest BCUT2D eigenvalue weighted by Crippen LogP contribution is -2.34. The van der Waals surface area contributed by atoms with Crippen molar-refractivity contribution in [2.45, 2.75) is 13.3 Å². The maximum Gasteiger partial charge on any atom is 0.232 e. The topological polar surface area (TPSA) is 40.5 Å². The molecule has 88 valence electrons. The highest BCUT2D eigenvalue weighted by atomic mass is 79.9. The summed E-state index contributed by atoms with van der Waals surface area (Å²) in [6, 6.07) is 7.53. The molecule has 0 aliphatic heterocycles. The van der Waals surface area contributed by atoms with Gasteiger partial charge < -0.3 is 10.0 Å². The monoisotopic (exact) mass is 285 g/mol. The Bertz CT molecular complexity index is 364. The Morgan fingerprint density at radius 1 is 1.56 bits per heavy atom. The number of halogens is 1. The third-order valence-electron chi connectivity index (χ3n) is 2.59. The minimum Gasteiger partial charge on any atom is -0.396 e. The Balaban J connectivity index is 2.85. The van der Waals surface area contributed by atoms with E-state index in [1.54, 1.807) is 11.9 Å². The first-order valence-electron chi connectivity index (χ1n) is 5.24. The van der Waals surface area contributed by atoms with Crippen LogP contribution in [0.2, 0.25) is 0 Å². The van der Waals surface area contributed by atoms with Gasteiger partial charge in [0.25, 0.3) is 0 Å². The SMILES string of the molecule is CCC(CO)C(=O)N(C)c1cccc(Br)c1. The Morgan fingerprint density at radius 3 is 2.75 bits per heavy atom. The zero-order valence-electron chi connectivity index (χ0n) is 9.48. The minimum atomic E-state index is -0.316. The van der Waals surface area contributed by atoms with Crippen molar-refractivity contribution in [3.05, 3.63) is 28.7 Å². The lowest BCUT2D eigenvalue weighted by Gasteiger charge is -2.22. The average molecular weight is 286 g/mol. The van der Waals surface area contributed by atoms with Crippen molar-refractivity contribution >= 4 is 27.5 Å². The quantitative estimate of drug-likeness (QED) is 0.923. The molecule has 1 aromatic rings. The van der Waals surface area contributed by atoms with Crippen molar-refractivity contribution in [2.75, 3.05) is 18.6 Å². The molecule has 1 aromatic carbocycles. The molecule has 1 rings (SSSR count). The predicted octanol–water partition coefficient (Wildman–Crippen LogP) is 2.43. The smallest absolute Gasteiger partial charge is 0.232 e. The maximum atomic E-state index is 12.0. The van der Waals surface area contributed by atoms with Gasteiger partial charge in [-0.2, -0.15) is 0 Å². The van der Waals surface area contributed by atoms with Crippen LogP contribution >= 0.6 is 15.9 Å². The van der Waals surface area contributed by atoms with E-state index in [9.17, 15) is 4.79 Å². The van der Waals surface area contributed by atoms with E-state index in [0.29, 0.717) is 6.42 Å². The molecule has 0 aliphatic rings. The van der Waals surface area contributed by atoms with Gasteiger partial charge in [0.05, 0.1) is 12.5 Å². The molecule has 0 radical (unpaired) electrons. The number of aliphatic hydroxyl groups is 1. The summed E-state index contributed by atoms with van der Waals surface area (Å²) in [5.41, 5.74) is 0.825. The van der Waals surface area contributed by atoms with Crippen LogP contribution in [0.15, 0.2) is 28.7 Å². The fourth-order valence-electron chi connectivity index (χ4n) is 1.47. The van der Waals surface area contributed by atoms with E-state index in [1.807, 2.05) is 31.2 Å². The number of hydrogen-bond acceptors (Lipinski definition) is 2. The lowest BCUT2D eigenvalue weighted by molar-refractivity contribution is -0.123. The van der Waals surface area contributed by atoms with Gasteiger partial charge in [0.2, 0.25) is 5.91 Å². The number of carbonyl (C=O) groups excluding carboxylic acids is 1. The first kappa shape index (κ1) is 13.2. The molecule has 16 heavy (non-hydrogen) atoms. The summed E-state index contributed by atoms with van der Waals surface area (Å²) in [6.07, 6.45) is 0.647. The molecule has 1 unspecified atom stereocenters. The molecule has 0 bridgehead atoms. The van der Waals surface area contributed by atoms with Crippen LogP contribution in [-0.2, 0) is 4.79 Å². The van der Waals surface area contributed by atoms with Gasteiger partial charge in [-0.15, -0.1) is 0 Å². The summed E-state index contributed by atoms with van der Waals surface area (Å²) in [7, 11) is 1.72. The van der Waals surface area contributed by atoms with Crippen LogP contribution in [0.1, 0.15) is 13.3 Å². The normalized spacial score (nSPS) is 12.2. The van der Waals surface area contributed by atoms with Gasteiger partial charge >= 0.3 is 0 Å². The molecule has 0 aromatic heterocycles. The molecule has 0 spiro atoms. The molecule has 0 saturated carbocycles. The number of nitrogens with zero attached hydrogens (tertiary/aromatic N) is 1. The zero-order valence-corrected chi connectivity index (χ0v) is 11.1. The number of amides is 1. The van der Waals surface area contributed by atoms with Crippen molar-refractivity contribution in [2.24, 2.45) is 5.92 Å². The van der Waals surface area contributed by atoms with Crippen LogP contribution in [0.4, 0.5) is 5.69 Å². The number of benzene rings is 1. The van der Waals surface area contributed by atoms with Crippen molar-refractivity contribution in [1.82, 2.24) is 0 Å². The maximum absolute atomic E-state index is 12.0. The van der Waals surface area contributed by atoms with E-state index in [2.05, 4.69) is 15.9 Å². The van der Waals surface area contributed by atoms with Crippen molar-refractivity contribution in [3.8, 4) is 0 Å². The zero-order chi connectivity index (χ0) is 12.1. The highest BCUT2D eigenvalue weighted by molar-refractivity contribution is 9.10. The van der Waals surface area contributed by atoms with Gasteiger partial charge in [0, 0.05) is 17.2 Å². The van der Waals surface area contributed by atoms with Crippen LogP contribution in [0.3, 0.4) is 0 Å². The van der Waals surface area contributed by atoms with E-state index >= 15 is 0 Å². The lowest BCUT2D eigenvalue weighted by atomic mass is 10.1. The third-order valence-corrected chi connectivity index (χ3v) is 3.08. The Kier molecular flexibility index (Phi) is 4.96. The van der Waals surface area contributed by atoms with Crippen LogP contribution < -0.4 is 4.90 Å². The molecular weight excluding hydrogens is 270 g/mol. The number of rotatable bonds is 4. The number of carbonyl (C=O) groups is 1. The Hall–Kier alpha value is -0.870. The fraction of sp³-hybridized carbons (Fsp3) is 0.417. The summed E-state index contributed by atoms with van der Waals surface area (Å²) in [5.74, 6) is -0.368. The van der Waals surface area contributed by atoms with Gasteiger partial charge in [0.15, 0.2) is 0 Å². The molecule has 4 heteroatoms. The van der Waals surface area contributed by atoms with Crippen LogP contribution in [0.5, 0.6) is 0 Å². The molecule has 0 fully saturated rings. The van der Waals surface area contributed by atoms with E-state index < -0.39 is 0 Å². The van der Waals surface area contributed by atoms with E-state index in [0.717, 1.165) is 10.2 Å². The molecule has 1 atom stereocenters. The highest BCUT2D eigenvalue weighted by Gasteiger charge is 2.20. The van der Waals surface area contributed by atoms with Gasteiger partial charge in [-0.25, -0.2) is 0 Å². The standard InChI is InChI=1S/C12H16BrNO2/c1-3-9(8-15)12(16)14(2)11-6-4-5-10(13)7-11/h4-7,9,15H,3,8H2,1-2H3. The van der Waals surface area contributed by atoms with Crippen molar-refractivity contribution < 1.29 is 9.90 Å². The molecule has 1 amide bonds. The Labute approximate surface area is 104 Å². The summed E-state index contributed by atoms with van der Waals surface area (Å²) in [4.78, 5) is 13.5. The highest BCUT2D eigenvalue weighted by Crippen LogP contribution is 2.20. The van der Waals surface area contributed by atoms with Crippen LogP contribution in [-0.4, -0.2) is 24.7 Å². The van der Waals surface area contributed by atoms with Gasteiger partial charge in [0.1, 0.15) is 0 Å². The summed E-state index contributed by atoms with van der Waals surface area (Å²) < 4.78 is 0.932. The van der Waals surface area contributed by atoms with Crippen LogP contribution in [0, 0.1) is 5.92 Å². The summed E-state index contributed by atoms with van der Waals surface area (Å²) >= 11 is 3.36. The first-order valence-corrected chi connectivity index (χ1v) is 6.03. The largest absolute Gasteiger partial charge is 0.396 e. The van der Waals surface area contributed by atoms with Crippen molar-refractivity contribution in [1.29, 1.82) is 0 Å². The second kappa shape index (κ2) is 6.01. The summed E-state index contributed by atoms with van der Waals surface area (Å²) in [6.45, 7) is 1.79. The van der Waals surface area contributed by atoms with Crippen molar-refractivity contribution in [3.63, 3.8) is 0 Å². The van der Waals surface area contributed by atoms with Crippen LogP contribution in [0.25, 0.3) is 0 Å². The molecule has 0 saturated heterocycles.